The zero-order valence-corrected chi connectivity index (χ0v) is 5.95. The summed E-state index contributed by atoms with van der Waals surface area (Å²) in [5, 5.41) is 0. The third-order valence-corrected chi connectivity index (χ3v) is 1.51. The minimum atomic E-state index is -0.310. The van der Waals surface area contributed by atoms with Crippen LogP contribution < -0.4 is 0 Å². The number of rotatable bonds is 0. The number of aromatic nitrogens is 3. The van der Waals surface area contributed by atoms with Gasteiger partial charge in [0.1, 0.15) is 0 Å². The molecule has 2 rings (SSSR count). The molecule has 0 N–H and O–H groups in total. The van der Waals surface area contributed by atoms with Gasteiger partial charge in [0.15, 0.2) is 5.82 Å². The Labute approximate surface area is 62.5 Å². The van der Waals surface area contributed by atoms with Crippen LogP contribution in [0.25, 0.3) is 5.78 Å². The molecule has 2 heterocycles. The molecule has 2 aromatic heterocycles. The quantitative estimate of drug-likeness (QED) is 0.565. The molecule has 56 valence electrons. The predicted octanol–water partition coefficient (Wildman–Crippen LogP) is 1.18. The maximum atomic E-state index is 12.8. The summed E-state index contributed by atoms with van der Waals surface area (Å²) in [7, 11) is 0. The van der Waals surface area contributed by atoms with E-state index in [4.69, 9.17) is 0 Å². The molecule has 2 aromatic rings. The minimum absolute atomic E-state index is 0.310. The molecule has 0 spiro atoms. The summed E-state index contributed by atoms with van der Waals surface area (Å²) < 4.78 is 14.4. The summed E-state index contributed by atoms with van der Waals surface area (Å²) >= 11 is 0. The van der Waals surface area contributed by atoms with Gasteiger partial charge < -0.3 is 0 Å². The van der Waals surface area contributed by atoms with Crippen LogP contribution in [0.4, 0.5) is 4.39 Å². The third kappa shape index (κ3) is 0.869. The number of halogens is 1. The number of hydrogen-bond donors (Lipinski definition) is 0. The van der Waals surface area contributed by atoms with E-state index < -0.39 is 0 Å². The lowest BCUT2D eigenvalue weighted by Crippen LogP contribution is -1.94. The largest absolute Gasteiger partial charge is 0.288 e. The molecule has 0 aliphatic carbocycles. The lowest BCUT2D eigenvalue weighted by molar-refractivity contribution is 0.600. The van der Waals surface area contributed by atoms with Gasteiger partial charge in [-0.1, -0.05) is 0 Å². The van der Waals surface area contributed by atoms with E-state index in [0.29, 0.717) is 11.5 Å². The van der Waals surface area contributed by atoms with E-state index in [1.54, 1.807) is 23.7 Å². The number of fused-ring (bicyclic) bond motifs is 1. The van der Waals surface area contributed by atoms with Gasteiger partial charge in [0.25, 0.3) is 0 Å². The van der Waals surface area contributed by atoms with Crippen molar-refractivity contribution in [1.82, 2.24) is 14.4 Å². The van der Waals surface area contributed by atoms with Crippen LogP contribution in [-0.4, -0.2) is 14.4 Å². The highest BCUT2D eigenvalue weighted by Crippen LogP contribution is 2.03. The first-order chi connectivity index (χ1) is 5.27. The predicted molar refractivity (Wildman–Crippen MR) is 37.7 cm³/mol. The van der Waals surface area contributed by atoms with Crippen LogP contribution in [0.3, 0.4) is 0 Å². The highest BCUT2D eigenvalue weighted by Gasteiger charge is 2.00. The molecule has 11 heavy (non-hydrogen) atoms. The summed E-state index contributed by atoms with van der Waals surface area (Å²) in [4.78, 5) is 7.82. The fraction of sp³-hybridized carbons (Fsp3) is 0.143. The van der Waals surface area contributed by atoms with Gasteiger partial charge in [-0.2, -0.15) is 0 Å². The first-order valence-electron chi connectivity index (χ1n) is 3.23. The van der Waals surface area contributed by atoms with Crippen molar-refractivity contribution in [2.75, 3.05) is 0 Å². The number of nitrogens with zero attached hydrogens (tertiary/aromatic N) is 3. The normalized spacial score (nSPS) is 10.7. The molecular weight excluding hydrogens is 145 g/mol. The van der Waals surface area contributed by atoms with Gasteiger partial charge in [0, 0.05) is 18.6 Å². The third-order valence-electron chi connectivity index (χ3n) is 1.51. The molecule has 0 fully saturated rings. The molecule has 0 radical (unpaired) electrons. The molecule has 0 atom stereocenters. The molecule has 0 aliphatic heterocycles. The van der Waals surface area contributed by atoms with Crippen molar-refractivity contribution in [3.8, 4) is 0 Å². The summed E-state index contributed by atoms with van der Waals surface area (Å²) in [5.41, 5.74) is 0.378. The second-order valence-electron chi connectivity index (χ2n) is 2.31. The van der Waals surface area contributed by atoms with Crippen molar-refractivity contribution < 1.29 is 4.39 Å². The van der Waals surface area contributed by atoms with Gasteiger partial charge in [-0.15, -0.1) is 0 Å². The van der Waals surface area contributed by atoms with Crippen LogP contribution in [0, 0.1) is 12.7 Å². The smallest absolute Gasteiger partial charge is 0.234 e. The number of imidazole rings is 1. The Morgan fingerprint density at radius 2 is 2.36 bits per heavy atom. The van der Waals surface area contributed by atoms with Crippen LogP contribution in [0.5, 0.6) is 0 Å². The van der Waals surface area contributed by atoms with Crippen LogP contribution in [-0.2, 0) is 0 Å². The molecule has 3 nitrogen and oxygen atoms in total. The molecule has 0 aromatic carbocycles. The van der Waals surface area contributed by atoms with Crippen molar-refractivity contribution >= 4 is 5.78 Å². The van der Waals surface area contributed by atoms with Crippen LogP contribution in [0.2, 0.25) is 0 Å². The van der Waals surface area contributed by atoms with Gasteiger partial charge in [-0.25, -0.2) is 14.4 Å². The van der Waals surface area contributed by atoms with E-state index in [1.165, 1.54) is 6.20 Å². The van der Waals surface area contributed by atoms with E-state index in [-0.39, 0.29) is 5.82 Å². The Morgan fingerprint density at radius 1 is 1.55 bits per heavy atom. The summed E-state index contributed by atoms with van der Waals surface area (Å²) in [5.74, 6) is 0.222. The fourth-order valence-corrected chi connectivity index (χ4v) is 0.911. The lowest BCUT2D eigenvalue weighted by Gasteiger charge is -1.95. The van der Waals surface area contributed by atoms with Crippen molar-refractivity contribution in [3.05, 3.63) is 30.1 Å². The Bertz CT molecular complexity index is 357. The number of aryl methyl sites for hydroxylation is 1. The van der Waals surface area contributed by atoms with Gasteiger partial charge in [0.05, 0.1) is 5.69 Å². The van der Waals surface area contributed by atoms with Gasteiger partial charge >= 0.3 is 0 Å². The fourth-order valence-electron chi connectivity index (χ4n) is 0.911. The summed E-state index contributed by atoms with van der Waals surface area (Å²) in [6, 6.07) is 0. The van der Waals surface area contributed by atoms with Crippen molar-refractivity contribution in [3.63, 3.8) is 0 Å². The zero-order chi connectivity index (χ0) is 7.84. The van der Waals surface area contributed by atoms with Crippen LogP contribution in [0.1, 0.15) is 5.69 Å². The van der Waals surface area contributed by atoms with Gasteiger partial charge in [0.2, 0.25) is 5.78 Å². The standard InChI is InChI=1S/C7H6FN3/c1-5-6(8)4-11-3-2-9-7(11)10-5/h2-4H,1H3. The Kier molecular flexibility index (Phi) is 1.15. The molecular formula is C7H6FN3. The Hall–Kier alpha value is -1.45. The second kappa shape index (κ2) is 2.02. The van der Waals surface area contributed by atoms with E-state index in [2.05, 4.69) is 9.97 Å². The van der Waals surface area contributed by atoms with Crippen LogP contribution >= 0.6 is 0 Å². The first kappa shape index (κ1) is 6.27. The van der Waals surface area contributed by atoms with E-state index in [0.717, 1.165) is 0 Å². The lowest BCUT2D eigenvalue weighted by atomic mass is 10.4. The SMILES string of the molecule is Cc1nc2nccn2cc1F. The summed E-state index contributed by atoms with van der Waals surface area (Å²) in [6.07, 6.45) is 4.61. The topological polar surface area (TPSA) is 30.2 Å². The van der Waals surface area contributed by atoms with Crippen molar-refractivity contribution in [1.29, 1.82) is 0 Å². The molecule has 4 heteroatoms. The zero-order valence-electron chi connectivity index (χ0n) is 5.95. The average Bonchev–Trinajstić information content (AvgIpc) is 2.36. The minimum Gasteiger partial charge on any atom is -0.288 e. The van der Waals surface area contributed by atoms with Crippen LogP contribution in [0.15, 0.2) is 18.6 Å². The summed E-state index contributed by atoms with van der Waals surface area (Å²) in [6.45, 7) is 1.62. The van der Waals surface area contributed by atoms with Crippen molar-refractivity contribution in [2.24, 2.45) is 0 Å². The monoisotopic (exact) mass is 151 g/mol. The highest BCUT2D eigenvalue weighted by atomic mass is 19.1. The maximum Gasteiger partial charge on any atom is 0.234 e. The van der Waals surface area contributed by atoms with Crippen molar-refractivity contribution in [2.45, 2.75) is 6.92 Å². The number of hydrogen-bond acceptors (Lipinski definition) is 2. The Balaban J connectivity index is 2.86. The molecule has 0 saturated heterocycles. The first-order valence-corrected chi connectivity index (χ1v) is 3.23. The Morgan fingerprint density at radius 3 is 3.18 bits per heavy atom. The van der Waals surface area contributed by atoms with Gasteiger partial charge in [-0.05, 0) is 6.92 Å². The molecule has 0 saturated carbocycles. The van der Waals surface area contributed by atoms with E-state index in [1.807, 2.05) is 0 Å². The maximum absolute atomic E-state index is 12.8. The van der Waals surface area contributed by atoms with E-state index in [9.17, 15) is 4.39 Å². The van der Waals surface area contributed by atoms with Gasteiger partial charge in [-0.3, -0.25) is 4.40 Å². The molecule has 0 amide bonds. The molecule has 0 aliphatic rings. The average molecular weight is 151 g/mol. The molecule has 0 unspecified atom stereocenters. The molecule has 0 bridgehead atoms. The van der Waals surface area contributed by atoms with E-state index >= 15 is 0 Å². The highest BCUT2D eigenvalue weighted by molar-refractivity contribution is 5.28. The second-order valence-corrected chi connectivity index (χ2v) is 2.31.